The molecule has 1 aromatic carbocycles. The third kappa shape index (κ3) is 4.79. The smallest absolute Gasteiger partial charge is 0.257 e. The van der Waals surface area contributed by atoms with Gasteiger partial charge in [0.25, 0.3) is 5.91 Å². The SMILES string of the molecule is COc1ccc(Nc2ncccc2C(=O)N2CCC(C)CC(C)(C)C2)cc1. The van der Waals surface area contributed by atoms with Gasteiger partial charge in [-0.15, -0.1) is 0 Å². The summed E-state index contributed by atoms with van der Waals surface area (Å²) in [4.78, 5) is 19.7. The van der Waals surface area contributed by atoms with Crippen molar-refractivity contribution >= 4 is 17.4 Å². The van der Waals surface area contributed by atoms with Gasteiger partial charge in [0.05, 0.1) is 12.7 Å². The summed E-state index contributed by atoms with van der Waals surface area (Å²) >= 11 is 0. The highest BCUT2D eigenvalue weighted by atomic mass is 16.5. The number of nitrogens with one attached hydrogen (secondary N) is 1. The van der Waals surface area contributed by atoms with Crippen LogP contribution in [0.4, 0.5) is 11.5 Å². The Morgan fingerprint density at radius 2 is 2.00 bits per heavy atom. The Hall–Kier alpha value is -2.56. The fraction of sp³-hybridized carbons (Fsp3) is 0.455. The maximum absolute atomic E-state index is 13.3. The van der Waals surface area contributed by atoms with E-state index in [4.69, 9.17) is 4.74 Å². The van der Waals surface area contributed by atoms with E-state index in [9.17, 15) is 4.79 Å². The number of amides is 1. The average molecular weight is 367 g/mol. The Morgan fingerprint density at radius 3 is 2.70 bits per heavy atom. The molecule has 27 heavy (non-hydrogen) atoms. The molecule has 1 fully saturated rings. The number of aromatic nitrogens is 1. The topological polar surface area (TPSA) is 54.5 Å². The van der Waals surface area contributed by atoms with Crippen molar-refractivity contribution in [3.8, 4) is 5.75 Å². The molecule has 1 amide bonds. The Kier molecular flexibility index (Phi) is 5.68. The van der Waals surface area contributed by atoms with Crippen LogP contribution in [-0.2, 0) is 0 Å². The van der Waals surface area contributed by atoms with Crippen LogP contribution in [0, 0.1) is 11.3 Å². The first kappa shape index (κ1) is 19.2. The van der Waals surface area contributed by atoms with Gasteiger partial charge in [0.2, 0.25) is 0 Å². The van der Waals surface area contributed by atoms with Gasteiger partial charge >= 0.3 is 0 Å². The van der Waals surface area contributed by atoms with Crippen molar-refractivity contribution in [1.82, 2.24) is 9.88 Å². The van der Waals surface area contributed by atoms with Crippen molar-refractivity contribution in [3.63, 3.8) is 0 Å². The van der Waals surface area contributed by atoms with E-state index in [1.54, 1.807) is 13.3 Å². The molecule has 0 radical (unpaired) electrons. The second-order valence-corrected chi connectivity index (χ2v) is 8.24. The highest BCUT2D eigenvalue weighted by Crippen LogP contribution is 2.33. The molecule has 0 aliphatic carbocycles. The third-order valence-corrected chi connectivity index (χ3v) is 5.09. The Labute approximate surface area is 161 Å². The van der Waals surface area contributed by atoms with Gasteiger partial charge < -0.3 is 15.0 Å². The molecule has 2 heterocycles. The van der Waals surface area contributed by atoms with Crippen LogP contribution in [0.1, 0.15) is 44.0 Å². The van der Waals surface area contributed by atoms with Crippen molar-refractivity contribution in [1.29, 1.82) is 0 Å². The number of carbonyl (C=O) groups is 1. The zero-order valence-electron chi connectivity index (χ0n) is 16.7. The highest BCUT2D eigenvalue weighted by Gasteiger charge is 2.31. The second kappa shape index (κ2) is 7.99. The lowest BCUT2D eigenvalue weighted by Gasteiger charge is -2.30. The number of methoxy groups -OCH3 is 1. The predicted molar refractivity (Wildman–Crippen MR) is 109 cm³/mol. The molecule has 1 saturated heterocycles. The minimum atomic E-state index is 0.0429. The number of pyridine rings is 1. The van der Waals surface area contributed by atoms with Crippen LogP contribution >= 0.6 is 0 Å². The molecule has 0 spiro atoms. The number of hydrogen-bond acceptors (Lipinski definition) is 4. The summed E-state index contributed by atoms with van der Waals surface area (Å²) in [5, 5.41) is 3.27. The number of likely N-dealkylation sites (tertiary alicyclic amines) is 1. The average Bonchev–Trinajstić information content (AvgIpc) is 2.79. The second-order valence-electron chi connectivity index (χ2n) is 8.24. The van der Waals surface area contributed by atoms with Gasteiger partial charge in [-0.2, -0.15) is 0 Å². The molecule has 0 bridgehead atoms. The van der Waals surface area contributed by atoms with E-state index in [-0.39, 0.29) is 11.3 Å². The van der Waals surface area contributed by atoms with Crippen molar-refractivity contribution in [2.24, 2.45) is 11.3 Å². The number of ether oxygens (including phenoxy) is 1. The van der Waals surface area contributed by atoms with Gasteiger partial charge in [-0.3, -0.25) is 4.79 Å². The summed E-state index contributed by atoms with van der Waals surface area (Å²) in [5.74, 6) is 2.05. The van der Waals surface area contributed by atoms with Crippen LogP contribution in [0.5, 0.6) is 5.75 Å². The van der Waals surface area contributed by atoms with Gasteiger partial charge in [0, 0.05) is 25.0 Å². The molecule has 5 heteroatoms. The first-order valence-electron chi connectivity index (χ1n) is 9.53. The number of benzene rings is 1. The van der Waals surface area contributed by atoms with Crippen LogP contribution in [0.3, 0.4) is 0 Å². The van der Waals surface area contributed by atoms with Crippen LogP contribution in [-0.4, -0.2) is 36.0 Å². The Balaban J connectivity index is 1.82. The quantitative estimate of drug-likeness (QED) is 0.849. The molecular weight excluding hydrogens is 338 g/mol. The molecule has 2 aromatic rings. The lowest BCUT2D eigenvalue weighted by molar-refractivity contribution is 0.0707. The predicted octanol–water partition coefficient (Wildman–Crippen LogP) is 4.73. The molecule has 1 N–H and O–H groups in total. The fourth-order valence-corrected chi connectivity index (χ4v) is 3.91. The van der Waals surface area contributed by atoms with Crippen LogP contribution in [0.25, 0.3) is 0 Å². The van der Waals surface area contributed by atoms with E-state index in [0.717, 1.165) is 37.4 Å². The summed E-state index contributed by atoms with van der Waals surface area (Å²) in [5.41, 5.74) is 1.60. The molecule has 1 atom stereocenters. The van der Waals surface area contributed by atoms with Crippen LogP contribution in [0.2, 0.25) is 0 Å². The summed E-state index contributed by atoms with van der Waals surface area (Å²) in [6.45, 7) is 8.33. The maximum Gasteiger partial charge on any atom is 0.257 e. The zero-order chi connectivity index (χ0) is 19.4. The molecule has 5 nitrogen and oxygen atoms in total. The monoisotopic (exact) mass is 367 g/mol. The Morgan fingerprint density at radius 1 is 1.26 bits per heavy atom. The van der Waals surface area contributed by atoms with E-state index < -0.39 is 0 Å². The zero-order valence-corrected chi connectivity index (χ0v) is 16.7. The van der Waals surface area contributed by atoms with E-state index in [1.807, 2.05) is 41.3 Å². The van der Waals surface area contributed by atoms with E-state index in [0.29, 0.717) is 17.3 Å². The number of carbonyl (C=O) groups excluding carboxylic acids is 1. The summed E-state index contributed by atoms with van der Waals surface area (Å²) < 4.78 is 5.20. The number of hydrogen-bond donors (Lipinski definition) is 1. The summed E-state index contributed by atoms with van der Waals surface area (Å²) in [6.07, 6.45) is 3.88. The van der Waals surface area contributed by atoms with Gasteiger partial charge in [-0.25, -0.2) is 4.98 Å². The van der Waals surface area contributed by atoms with Crippen molar-refractivity contribution < 1.29 is 9.53 Å². The first-order valence-corrected chi connectivity index (χ1v) is 9.53. The largest absolute Gasteiger partial charge is 0.497 e. The van der Waals surface area contributed by atoms with E-state index in [1.165, 1.54) is 0 Å². The van der Waals surface area contributed by atoms with Gasteiger partial charge in [0.15, 0.2) is 0 Å². The van der Waals surface area contributed by atoms with E-state index in [2.05, 4.69) is 31.1 Å². The summed E-state index contributed by atoms with van der Waals surface area (Å²) in [6, 6.07) is 11.3. The van der Waals surface area contributed by atoms with Gasteiger partial charge in [-0.05, 0) is 60.6 Å². The highest BCUT2D eigenvalue weighted by molar-refractivity contribution is 5.99. The molecule has 0 saturated carbocycles. The lowest BCUT2D eigenvalue weighted by atomic mass is 9.83. The standard InChI is InChI=1S/C22H29N3O2/c1-16-11-13-25(15-22(2,3)14-16)21(26)19-6-5-12-23-20(19)24-17-7-9-18(27-4)10-8-17/h5-10,12,16H,11,13-15H2,1-4H3,(H,23,24). The minimum Gasteiger partial charge on any atom is -0.497 e. The van der Waals surface area contributed by atoms with Crippen molar-refractivity contribution in [3.05, 3.63) is 48.2 Å². The summed E-state index contributed by atoms with van der Waals surface area (Å²) in [7, 11) is 1.64. The number of nitrogens with zero attached hydrogens (tertiary/aromatic N) is 2. The lowest BCUT2D eigenvalue weighted by Crippen LogP contribution is -2.38. The molecule has 1 unspecified atom stereocenters. The van der Waals surface area contributed by atoms with Crippen molar-refractivity contribution in [2.75, 3.05) is 25.5 Å². The van der Waals surface area contributed by atoms with Crippen molar-refractivity contribution in [2.45, 2.75) is 33.6 Å². The number of rotatable bonds is 4. The van der Waals surface area contributed by atoms with Crippen LogP contribution < -0.4 is 10.1 Å². The molecule has 1 aromatic heterocycles. The molecular formula is C22H29N3O2. The molecule has 1 aliphatic heterocycles. The molecule has 1 aliphatic rings. The normalized spacial score (nSPS) is 19.3. The molecule has 144 valence electrons. The maximum atomic E-state index is 13.3. The van der Waals surface area contributed by atoms with Gasteiger partial charge in [0.1, 0.15) is 11.6 Å². The fourth-order valence-electron chi connectivity index (χ4n) is 3.91. The molecule has 3 rings (SSSR count). The Bertz CT molecular complexity index is 786. The van der Waals surface area contributed by atoms with Gasteiger partial charge in [-0.1, -0.05) is 20.8 Å². The van der Waals surface area contributed by atoms with Crippen LogP contribution in [0.15, 0.2) is 42.6 Å². The first-order chi connectivity index (χ1) is 12.9. The van der Waals surface area contributed by atoms with E-state index >= 15 is 0 Å². The third-order valence-electron chi connectivity index (χ3n) is 5.09. The number of anilines is 2. The minimum absolute atomic E-state index is 0.0429.